The summed E-state index contributed by atoms with van der Waals surface area (Å²) in [6.45, 7) is 9.78. The third kappa shape index (κ3) is 4.23. The van der Waals surface area contributed by atoms with Crippen LogP contribution >= 0.6 is 0 Å². The van der Waals surface area contributed by atoms with Crippen molar-refractivity contribution in [2.75, 3.05) is 36.5 Å². The van der Waals surface area contributed by atoms with Gasteiger partial charge in [0.25, 0.3) is 0 Å². The SMILES string of the molecule is CCNC(=O)Nc1ccc(-c2nc3c(c(N4CCOC[C@@H]4C)n2)CCn2nc(CC)cc2-3)cc1. The van der Waals surface area contributed by atoms with Gasteiger partial charge in [-0.25, -0.2) is 14.8 Å². The molecule has 0 spiro atoms. The highest BCUT2D eigenvalue weighted by Gasteiger charge is 2.30. The van der Waals surface area contributed by atoms with Gasteiger partial charge in [-0.1, -0.05) is 6.92 Å². The van der Waals surface area contributed by atoms with Gasteiger partial charge in [-0.15, -0.1) is 0 Å². The molecule has 34 heavy (non-hydrogen) atoms. The van der Waals surface area contributed by atoms with E-state index in [1.54, 1.807) is 0 Å². The fourth-order valence-corrected chi connectivity index (χ4v) is 4.58. The number of carbonyl (C=O) groups is 1. The van der Waals surface area contributed by atoms with Gasteiger partial charge in [0, 0.05) is 36.4 Å². The van der Waals surface area contributed by atoms with Crippen LogP contribution in [0.1, 0.15) is 32.0 Å². The molecule has 4 heterocycles. The maximum Gasteiger partial charge on any atom is 0.319 e. The van der Waals surface area contributed by atoms with Crippen LogP contribution in [0, 0.1) is 0 Å². The molecule has 1 saturated heterocycles. The van der Waals surface area contributed by atoms with Gasteiger partial charge in [0.05, 0.1) is 36.3 Å². The molecular formula is C25H31N7O2. The molecule has 2 aromatic heterocycles. The molecule has 178 valence electrons. The molecule has 2 aliphatic rings. The van der Waals surface area contributed by atoms with Gasteiger partial charge in [0.2, 0.25) is 0 Å². The van der Waals surface area contributed by atoms with Crippen LogP contribution in [0.2, 0.25) is 0 Å². The number of nitrogens with zero attached hydrogens (tertiary/aromatic N) is 5. The van der Waals surface area contributed by atoms with Crippen molar-refractivity contribution in [2.24, 2.45) is 0 Å². The average Bonchev–Trinajstić information content (AvgIpc) is 3.28. The van der Waals surface area contributed by atoms with Crippen LogP contribution in [0.15, 0.2) is 30.3 Å². The van der Waals surface area contributed by atoms with E-state index >= 15 is 0 Å². The number of ether oxygens (including phenoxy) is 1. The Kier molecular flexibility index (Phi) is 6.19. The molecule has 0 radical (unpaired) electrons. The summed E-state index contributed by atoms with van der Waals surface area (Å²) >= 11 is 0. The zero-order valence-electron chi connectivity index (χ0n) is 20.0. The number of anilines is 2. The summed E-state index contributed by atoms with van der Waals surface area (Å²) in [5.74, 6) is 1.66. The lowest BCUT2D eigenvalue weighted by Crippen LogP contribution is -2.45. The van der Waals surface area contributed by atoms with Crippen LogP contribution in [-0.2, 0) is 24.1 Å². The van der Waals surface area contributed by atoms with Gasteiger partial charge >= 0.3 is 6.03 Å². The highest BCUT2D eigenvalue weighted by Crippen LogP contribution is 2.37. The highest BCUT2D eigenvalue weighted by atomic mass is 16.5. The average molecular weight is 462 g/mol. The summed E-state index contributed by atoms with van der Waals surface area (Å²) in [5, 5.41) is 10.3. The van der Waals surface area contributed by atoms with E-state index in [4.69, 9.17) is 19.8 Å². The normalized spacial score (nSPS) is 17.1. The second kappa shape index (κ2) is 9.42. The first-order chi connectivity index (χ1) is 16.6. The van der Waals surface area contributed by atoms with Gasteiger partial charge in [-0.3, -0.25) is 4.68 Å². The summed E-state index contributed by atoms with van der Waals surface area (Å²) in [7, 11) is 0. The van der Waals surface area contributed by atoms with Crippen molar-refractivity contribution in [3.05, 3.63) is 41.6 Å². The predicted molar refractivity (Wildman–Crippen MR) is 132 cm³/mol. The Balaban J connectivity index is 1.57. The van der Waals surface area contributed by atoms with E-state index in [-0.39, 0.29) is 12.1 Å². The number of hydrogen-bond donors (Lipinski definition) is 2. The van der Waals surface area contributed by atoms with Crippen molar-refractivity contribution in [1.29, 1.82) is 0 Å². The van der Waals surface area contributed by atoms with Crippen molar-refractivity contribution >= 4 is 17.5 Å². The Labute approximate surface area is 199 Å². The number of carbonyl (C=O) groups excluding carboxylic acids is 1. The standard InChI is InChI=1S/C25H31N7O2/c1-4-18-14-21-22-20(10-11-32(21)30-18)24(31-12-13-34-15-16(31)3)29-23(28-22)17-6-8-19(9-7-17)27-25(33)26-5-2/h6-9,14,16H,4-5,10-13,15H2,1-3H3,(H2,26,27,33)/t16-/m0/s1. The number of morpholine rings is 1. The van der Waals surface area contributed by atoms with E-state index in [9.17, 15) is 4.79 Å². The molecule has 1 aromatic carbocycles. The molecule has 1 fully saturated rings. The van der Waals surface area contributed by atoms with Crippen molar-refractivity contribution in [1.82, 2.24) is 25.1 Å². The maximum atomic E-state index is 11.9. The van der Waals surface area contributed by atoms with Gasteiger partial charge < -0.3 is 20.3 Å². The first-order valence-electron chi connectivity index (χ1n) is 12.0. The Hall–Kier alpha value is -3.46. The monoisotopic (exact) mass is 461 g/mol. The summed E-state index contributed by atoms with van der Waals surface area (Å²) in [5.41, 5.74) is 5.89. The molecular weight excluding hydrogens is 430 g/mol. The fourth-order valence-electron chi connectivity index (χ4n) is 4.58. The Morgan fingerprint density at radius 3 is 2.74 bits per heavy atom. The molecule has 5 rings (SSSR count). The van der Waals surface area contributed by atoms with E-state index in [0.717, 1.165) is 60.1 Å². The van der Waals surface area contributed by atoms with Crippen LogP contribution in [-0.4, -0.2) is 58.1 Å². The first kappa shape index (κ1) is 22.3. The third-order valence-corrected chi connectivity index (χ3v) is 6.37. The number of rotatable bonds is 5. The van der Waals surface area contributed by atoms with E-state index in [0.29, 0.717) is 25.6 Å². The number of fused-ring (bicyclic) bond motifs is 3. The van der Waals surface area contributed by atoms with Gasteiger partial charge in [-0.2, -0.15) is 5.10 Å². The largest absolute Gasteiger partial charge is 0.377 e. The molecule has 2 aliphatic heterocycles. The molecule has 3 aromatic rings. The zero-order valence-corrected chi connectivity index (χ0v) is 20.0. The molecule has 9 nitrogen and oxygen atoms in total. The van der Waals surface area contributed by atoms with Crippen LogP contribution in [0.4, 0.5) is 16.3 Å². The minimum absolute atomic E-state index is 0.219. The number of aryl methyl sites for hydroxylation is 2. The fraction of sp³-hybridized carbons (Fsp3) is 0.440. The lowest BCUT2D eigenvalue weighted by Gasteiger charge is -2.36. The van der Waals surface area contributed by atoms with Crippen LogP contribution in [0.3, 0.4) is 0 Å². The minimum atomic E-state index is -0.219. The second-order valence-electron chi connectivity index (χ2n) is 8.72. The molecule has 9 heteroatoms. The van der Waals surface area contributed by atoms with Crippen molar-refractivity contribution < 1.29 is 9.53 Å². The lowest BCUT2D eigenvalue weighted by atomic mass is 10.0. The van der Waals surface area contributed by atoms with E-state index in [2.05, 4.69) is 40.1 Å². The number of benzene rings is 1. The van der Waals surface area contributed by atoms with E-state index in [1.165, 1.54) is 5.56 Å². The van der Waals surface area contributed by atoms with Crippen LogP contribution in [0.25, 0.3) is 22.8 Å². The van der Waals surface area contributed by atoms with Crippen molar-refractivity contribution in [2.45, 2.75) is 46.2 Å². The highest BCUT2D eigenvalue weighted by molar-refractivity contribution is 5.89. The minimum Gasteiger partial charge on any atom is -0.377 e. The lowest BCUT2D eigenvalue weighted by molar-refractivity contribution is 0.0984. The zero-order chi connectivity index (χ0) is 23.7. The molecule has 0 aliphatic carbocycles. The van der Waals surface area contributed by atoms with Gasteiger partial charge in [-0.05, 0) is 57.0 Å². The molecule has 0 saturated carbocycles. The summed E-state index contributed by atoms with van der Waals surface area (Å²) in [6, 6.07) is 9.83. The van der Waals surface area contributed by atoms with Crippen molar-refractivity contribution in [3.8, 4) is 22.8 Å². The van der Waals surface area contributed by atoms with E-state index < -0.39 is 0 Å². The maximum absolute atomic E-state index is 11.9. The van der Waals surface area contributed by atoms with Gasteiger partial charge in [0.1, 0.15) is 5.82 Å². The van der Waals surface area contributed by atoms with Gasteiger partial charge in [0.15, 0.2) is 5.82 Å². The molecule has 1 atom stereocenters. The topological polar surface area (TPSA) is 97.2 Å². The Morgan fingerprint density at radius 1 is 1.18 bits per heavy atom. The summed E-state index contributed by atoms with van der Waals surface area (Å²) in [4.78, 5) is 24.3. The Bertz CT molecular complexity index is 1190. The number of hydrogen-bond acceptors (Lipinski definition) is 6. The molecule has 2 N–H and O–H groups in total. The summed E-state index contributed by atoms with van der Waals surface area (Å²) < 4.78 is 7.76. The number of aromatic nitrogens is 4. The smallest absolute Gasteiger partial charge is 0.319 e. The first-order valence-corrected chi connectivity index (χ1v) is 12.0. The Morgan fingerprint density at radius 2 is 2.00 bits per heavy atom. The number of nitrogens with one attached hydrogen (secondary N) is 2. The van der Waals surface area contributed by atoms with Crippen LogP contribution in [0.5, 0.6) is 0 Å². The third-order valence-electron chi connectivity index (χ3n) is 6.37. The molecule has 0 unspecified atom stereocenters. The number of amides is 2. The quantitative estimate of drug-likeness (QED) is 0.604. The number of urea groups is 1. The van der Waals surface area contributed by atoms with Crippen molar-refractivity contribution in [3.63, 3.8) is 0 Å². The summed E-state index contributed by atoms with van der Waals surface area (Å²) in [6.07, 6.45) is 1.74. The van der Waals surface area contributed by atoms with E-state index in [1.807, 2.05) is 31.2 Å². The second-order valence-corrected chi connectivity index (χ2v) is 8.72. The van der Waals surface area contributed by atoms with Crippen LogP contribution < -0.4 is 15.5 Å². The molecule has 0 bridgehead atoms. The predicted octanol–water partition coefficient (Wildman–Crippen LogP) is 3.49. The molecule has 2 amide bonds.